The van der Waals surface area contributed by atoms with E-state index in [1.807, 2.05) is 37.3 Å². The third-order valence-corrected chi connectivity index (χ3v) is 2.95. The van der Waals surface area contributed by atoms with Gasteiger partial charge in [-0.15, -0.1) is 0 Å². The van der Waals surface area contributed by atoms with Gasteiger partial charge in [-0.25, -0.2) is 4.98 Å². The number of hydrogen-bond acceptors (Lipinski definition) is 4. The second-order valence-corrected chi connectivity index (χ2v) is 4.21. The molecule has 1 N–H and O–H groups in total. The van der Waals surface area contributed by atoms with Crippen molar-refractivity contribution in [1.82, 2.24) is 4.98 Å². The fourth-order valence-electron chi connectivity index (χ4n) is 1.89. The molecule has 2 rings (SSSR count). The van der Waals surface area contributed by atoms with E-state index in [-0.39, 0.29) is 0 Å². The van der Waals surface area contributed by atoms with Crippen molar-refractivity contribution in [1.29, 1.82) is 0 Å². The smallest absolute Gasteiger partial charge is 0.218 e. The molecule has 0 saturated heterocycles. The second-order valence-electron chi connectivity index (χ2n) is 4.21. The first kappa shape index (κ1) is 13.2. The highest BCUT2D eigenvalue weighted by Crippen LogP contribution is 2.22. The van der Waals surface area contributed by atoms with E-state index < -0.39 is 0 Å². The van der Waals surface area contributed by atoms with Crippen molar-refractivity contribution in [2.24, 2.45) is 0 Å². The van der Waals surface area contributed by atoms with Crippen LogP contribution in [-0.4, -0.2) is 19.2 Å². The van der Waals surface area contributed by atoms with Crippen LogP contribution in [-0.2, 0) is 6.54 Å². The fraction of sp³-hybridized carbons (Fsp3) is 0.267. The quantitative estimate of drug-likeness (QED) is 0.895. The molecule has 0 aliphatic carbocycles. The number of aromatic nitrogens is 1. The average Bonchev–Trinajstić information content (AvgIpc) is 2.46. The molecule has 0 unspecified atom stereocenters. The first-order valence-corrected chi connectivity index (χ1v) is 6.11. The molecule has 2 aromatic rings. The van der Waals surface area contributed by atoms with Crippen LogP contribution in [0.15, 0.2) is 36.5 Å². The SMILES string of the molecule is COc1ccc(NCc2cccnc2OC)c(C)c1. The number of hydrogen-bond donors (Lipinski definition) is 1. The summed E-state index contributed by atoms with van der Waals surface area (Å²) in [6.45, 7) is 2.72. The van der Waals surface area contributed by atoms with E-state index >= 15 is 0 Å². The van der Waals surface area contributed by atoms with Gasteiger partial charge >= 0.3 is 0 Å². The van der Waals surface area contributed by atoms with Gasteiger partial charge in [-0.2, -0.15) is 0 Å². The number of anilines is 1. The minimum absolute atomic E-state index is 0.654. The van der Waals surface area contributed by atoms with Gasteiger partial charge in [-0.3, -0.25) is 0 Å². The third kappa shape index (κ3) is 3.16. The number of ether oxygens (including phenoxy) is 2. The maximum atomic E-state index is 5.23. The molecule has 0 aliphatic heterocycles. The van der Waals surface area contributed by atoms with Gasteiger partial charge in [0.1, 0.15) is 5.75 Å². The van der Waals surface area contributed by atoms with Crippen molar-refractivity contribution in [3.63, 3.8) is 0 Å². The molecule has 1 aromatic carbocycles. The number of aryl methyl sites for hydroxylation is 1. The molecule has 1 aromatic heterocycles. The monoisotopic (exact) mass is 258 g/mol. The molecule has 100 valence electrons. The zero-order valence-corrected chi connectivity index (χ0v) is 11.4. The van der Waals surface area contributed by atoms with Crippen LogP contribution < -0.4 is 14.8 Å². The predicted octanol–water partition coefficient (Wildman–Crippen LogP) is 3.02. The molecule has 0 fully saturated rings. The van der Waals surface area contributed by atoms with Gasteiger partial charge in [-0.1, -0.05) is 6.07 Å². The van der Waals surface area contributed by atoms with E-state index in [1.165, 1.54) is 0 Å². The Bertz CT molecular complexity index is 556. The highest BCUT2D eigenvalue weighted by Gasteiger charge is 2.04. The third-order valence-electron chi connectivity index (χ3n) is 2.95. The molecule has 0 atom stereocenters. The first-order valence-electron chi connectivity index (χ1n) is 6.11. The molecule has 0 aliphatic rings. The summed E-state index contributed by atoms with van der Waals surface area (Å²) in [5.74, 6) is 1.52. The maximum absolute atomic E-state index is 5.23. The number of rotatable bonds is 5. The van der Waals surface area contributed by atoms with Crippen LogP contribution >= 0.6 is 0 Å². The van der Waals surface area contributed by atoms with Crippen LogP contribution in [0.1, 0.15) is 11.1 Å². The summed E-state index contributed by atoms with van der Waals surface area (Å²) in [6.07, 6.45) is 1.72. The Kier molecular flexibility index (Phi) is 4.23. The number of methoxy groups -OCH3 is 2. The summed E-state index contributed by atoms with van der Waals surface area (Å²) >= 11 is 0. The highest BCUT2D eigenvalue weighted by molar-refractivity contribution is 5.54. The van der Waals surface area contributed by atoms with Gasteiger partial charge < -0.3 is 14.8 Å². The fourth-order valence-corrected chi connectivity index (χ4v) is 1.89. The van der Waals surface area contributed by atoms with Crippen molar-refractivity contribution >= 4 is 5.69 Å². The van der Waals surface area contributed by atoms with Gasteiger partial charge in [0.2, 0.25) is 5.88 Å². The van der Waals surface area contributed by atoms with Gasteiger partial charge in [0.05, 0.1) is 14.2 Å². The van der Waals surface area contributed by atoms with Crippen molar-refractivity contribution in [2.45, 2.75) is 13.5 Å². The number of pyridine rings is 1. The maximum Gasteiger partial charge on any atom is 0.218 e. The molecule has 4 heteroatoms. The minimum atomic E-state index is 0.654. The Hall–Kier alpha value is -2.23. The Balaban J connectivity index is 2.10. The van der Waals surface area contributed by atoms with E-state index in [4.69, 9.17) is 9.47 Å². The standard InChI is InChI=1S/C15H18N2O2/c1-11-9-13(18-2)6-7-14(11)17-10-12-5-4-8-16-15(12)19-3/h4-9,17H,10H2,1-3H3. The molecular weight excluding hydrogens is 240 g/mol. The highest BCUT2D eigenvalue weighted by atomic mass is 16.5. The van der Waals surface area contributed by atoms with Crippen molar-refractivity contribution in [3.05, 3.63) is 47.7 Å². The van der Waals surface area contributed by atoms with Gasteiger partial charge in [0, 0.05) is 24.0 Å². The summed E-state index contributed by atoms with van der Waals surface area (Å²) in [5.41, 5.74) is 3.24. The van der Waals surface area contributed by atoms with E-state index in [2.05, 4.69) is 10.3 Å². The predicted molar refractivity (Wildman–Crippen MR) is 75.8 cm³/mol. The zero-order valence-electron chi connectivity index (χ0n) is 11.4. The normalized spacial score (nSPS) is 10.1. The zero-order chi connectivity index (χ0) is 13.7. The van der Waals surface area contributed by atoms with Crippen LogP contribution in [0.4, 0.5) is 5.69 Å². The van der Waals surface area contributed by atoms with Crippen LogP contribution in [0.25, 0.3) is 0 Å². The largest absolute Gasteiger partial charge is 0.497 e. The van der Waals surface area contributed by atoms with Crippen LogP contribution in [0, 0.1) is 6.92 Å². The van der Waals surface area contributed by atoms with Crippen LogP contribution in [0.3, 0.4) is 0 Å². The van der Waals surface area contributed by atoms with Crippen molar-refractivity contribution in [3.8, 4) is 11.6 Å². The minimum Gasteiger partial charge on any atom is -0.497 e. The summed E-state index contributed by atoms with van der Waals surface area (Å²) in [4.78, 5) is 4.18. The van der Waals surface area contributed by atoms with Gasteiger partial charge in [0.25, 0.3) is 0 Å². The summed E-state index contributed by atoms with van der Waals surface area (Å²) in [5, 5.41) is 3.38. The van der Waals surface area contributed by atoms with Crippen molar-refractivity contribution in [2.75, 3.05) is 19.5 Å². The van der Waals surface area contributed by atoms with E-state index in [0.29, 0.717) is 12.4 Å². The van der Waals surface area contributed by atoms with Crippen LogP contribution in [0.2, 0.25) is 0 Å². The topological polar surface area (TPSA) is 43.4 Å². The molecule has 0 spiro atoms. The Morgan fingerprint density at radius 3 is 2.68 bits per heavy atom. The number of nitrogens with zero attached hydrogens (tertiary/aromatic N) is 1. The molecule has 0 amide bonds. The Morgan fingerprint density at radius 1 is 1.16 bits per heavy atom. The molecular formula is C15H18N2O2. The lowest BCUT2D eigenvalue weighted by Gasteiger charge is -2.12. The first-order chi connectivity index (χ1) is 9.24. The lowest BCUT2D eigenvalue weighted by molar-refractivity contribution is 0.393. The molecule has 1 heterocycles. The summed E-state index contributed by atoms with van der Waals surface area (Å²) in [6, 6.07) is 9.85. The average molecular weight is 258 g/mol. The Morgan fingerprint density at radius 2 is 2.00 bits per heavy atom. The number of benzene rings is 1. The molecule has 0 radical (unpaired) electrons. The number of nitrogens with one attached hydrogen (secondary N) is 1. The second kappa shape index (κ2) is 6.09. The summed E-state index contributed by atoms with van der Waals surface area (Å²) < 4.78 is 10.4. The molecule has 0 saturated carbocycles. The van der Waals surface area contributed by atoms with E-state index in [1.54, 1.807) is 20.4 Å². The van der Waals surface area contributed by atoms with Gasteiger partial charge in [-0.05, 0) is 36.8 Å². The van der Waals surface area contributed by atoms with E-state index in [0.717, 1.165) is 22.6 Å². The molecule has 19 heavy (non-hydrogen) atoms. The lowest BCUT2D eigenvalue weighted by atomic mass is 10.2. The Labute approximate surface area is 113 Å². The van der Waals surface area contributed by atoms with Gasteiger partial charge in [0.15, 0.2) is 0 Å². The van der Waals surface area contributed by atoms with Crippen LogP contribution in [0.5, 0.6) is 11.6 Å². The molecule has 0 bridgehead atoms. The lowest BCUT2D eigenvalue weighted by Crippen LogP contribution is -2.04. The van der Waals surface area contributed by atoms with Crippen molar-refractivity contribution < 1.29 is 9.47 Å². The van der Waals surface area contributed by atoms with E-state index in [9.17, 15) is 0 Å². The summed E-state index contributed by atoms with van der Waals surface area (Å²) in [7, 11) is 3.30. The molecule has 4 nitrogen and oxygen atoms in total.